The molecule has 100 valence electrons. The number of nitrogens with two attached hydrogens (primary N) is 2. The Hall–Kier alpha value is -1.85. The molecular formula is C15H11BrN2OS. The predicted molar refractivity (Wildman–Crippen MR) is 88.2 cm³/mol. The minimum Gasteiger partial charge on any atom is -0.399 e. The maximum absolute atomic E-state index is 12.6. The van der Waals surface area contributed by atoms with Gasteiger partial charge in [0, 0.05) is 42.4 Å². The Morgan fingerprint density at radius 3 is 2.50 bits per heavy atom. The van der Waals surface area contributed by atoms with Gasteiger partial charge in [0.25, 0.3) is 0 Å². The van der Waals surface area contributed by atoms with Crippen molar-refractivity contribution in [2.45, 2.75) is 0 Å². The summed E-state index contributed by atoms with van der Waals surface area (Å²) in [6, 6.07) is 10.8. The number of carbonyl (C=O) groups is 1. The zero-order valence-electron chi connectivity index (χ0n) is 10.4. The topological polar surface area (TPSA) is 69.1 Å². The number of ketones is 1. The first-order chi connectivity index (χ1) is 9.56. The number of halogens is 1. The van der Waals surface area contributed by atoms with Crippen LogP contribution in [-0.2, 0) is 0 Å². The van der Waals surface area contributed by atoms with Gasteiger partial charge in [-0.15, -0.1) is 11.3 Å². The fourth-order valence-electron chi connectivity index (χ4n) is 2.16. The van der Waals surface area contributed by atoms with Gasteiger partial charge in [0.1, 0.15) is 0 Å². The summed E-state index contributed by atoms with van der Waals surface area (Å²) < 4.78 is 2.05. The molecule has 0 aliphatic carbocycles. The number of hydrogen-bond acceptors (Lipinski definition) is 4. The van der Waals surface area contributed by atoms with Crippen LogP contribution in [0.4, 0.5) is 11.4 Å². The minimum absolute atomic E-state index is 0.0617. The number of carbonyl (C=O) groups excluding carboxylic acids is 1. The van der Waals surface area contributed by atoms with E-state index in [4.69, 9.17) is 11.5 Å². The summed E-state index contributed by atoms with van der Waals surface area (Å²) in [6.45, 7) is 0. The van der Waals surface area contributed by atoms with E-state index in [2.05, 4.69) is 15.9 Å². The van der Waals surface area contributed by atoms with Crippen molar-refractivity contribution in [2.75, 3.05) is 11.5 Å². The van der Waals surface area contributed by atoms with E-state index in [1.165, 1.54) is 0 Å². The zero-order valence-corrected chi connectivity index (χ0v) is 12.8. The molecule has 5 heteroatoms. The van der Waals surface area contributed by atoms with Gasteiger partial charge in [-0.1, -0.05) is 12.1 Å². The van der Waals surface area contributed by atoms with Gasteiger partial charge in [0.05, 0.1) is 0 Å². The number of fused-ring (bicyclic) bond motifs is 1. The first kappa shape index (κ1) is 13.1. The van der Waals surface area contributed by atoms with Crippen LogP contribution in [0, 0.1) is 0 Å². The monoisotopic (exact) mass is 346 g/mol. The molecule has 4 N–H and O–H groups in total. The third-order valence-corrected chi connectivity index (χ3v) is 4.99. The predicted octanol–water partition coefficient (Wildman–Crippen LogP) is 4.06. The van der Waals surface area contributed by atoms with Crippen LogP contribution < -0.4 is 11.5 Å². The Bertz CT molecular complexity index is 806. The Kier molecular flexibility index (Phi) is 3.23. The third kappa shape index (κ3) is 2.19. The zero-order chi connectivity index (χ0) is 14.3. The molecule has 0 aliphatic rings. The molecule has 2 aromatic carbocycles. The molecule has 0 atom stereocenters. The van der Waals surface area contributed by atoms with E-state index in [9.17, 15) is 4.79 Å². The maximum atomic E-state index is 12.6. The van der Waals surface area contributed by atoms with Crippen LogP contribution in [0.5, 0.6) is 0 Å². The molecule has 20 heavy (non-hydrogen) atoms. The SMILES string of the molecule is Nc1cc(N)cc(C(=O)c2csc3c(Br)cccc23)c1. The van der Waals surface area contributed by atoms with Crippen LogP contribution in [0.1, 0.15) is 15.9 Å². The van der Waals surface area contributed by atoms with Crippen molar-refractivity contribution in [3.05, 3.63) is 57.4 Å². The lowest BCUT2D eigenvalue weighted by Crippen LogP contribution is -2.03. The first-order valence-corrected chi connectivity index (χ1v) is 7.60. The van der Waals surface area contributed by atoms with Crippen LogP contribution in [0.15, 0.2) is 46.3 Å². The van der Waals surface area contributed by atoms with Gasteiger partial charge >= 0.3 is 0 Å². The molecule has 0 saturated carbocycles. The second-order valence-electron chi connectivity index (χ2n) is 4.48. The Morgan fingerprint density at radius 2 is 1.80 bits per heavy atom. The molecule has 0 unspecified atom stereocenters. The summed E-state index contributed by atoms with van der Waals surface area (Å²) in [6.07, 6.45) is 0. The highest BCUT2D eigenvalue weighted by atomic mass is 79.9. The number of anilines is 2. The van der Waals surface area contributed by atoms with Gasteiger partial charge in [0.15, 0.2) is 5.78 Å². The smallest absolute Gasteiger partial charge is 0.194 e. The van der Waals surface area contributed by atoms with Crippen LogP contribution in [0.2, 0.25) is 0 Å². The number of hydrogen-bond donors (Lipinski definition) is 2. The number of benzene rings is 2. The van der Waals surface area contributed by atoms with Gasteiger partial charge in [-0.25, -0.2) is 0 Å². The van der Waals surface area contributed by atoms with Crippen LogP contribution in [-0.4, -0.2) is 5.78 Å². The highest BCUT2D eigenvalue weighted by molar-refractivity contribution is 9.10. The lowest BCUT2D eigenvalue weighted by atomic mass is 10.0. The Labute approximate surface area is 128 Å². The maximum Gasteiger partial charge on any atom is 0.194 e. The molecule has 0 fully saturated rings. The average Bonchev–Trinajstić information content (AvgIpc) is 2.82. The summed E-state index contributed by atoms with van der Waals surface area (Å²) in [4.78, 5) is 12.6. The lowest BCUT2D eigenvalue weighted by Gasteiger charge is -2.04. The van der Waals surface area contributed by atoms with E-state index in [1.54, 1.807) is 29.5 Å². The van der Waals surface area contributed by atoms with Crippen molar-refractivity contribution in [3.8, 4) is 0 Å². The summed E-state index contributed by atoms with van der Waals surface area (Å²) in [5.41, 5.74) is 13.7. The van der Waals surface area contributed by atoms with Crippen molar-refractivity contribution >= 4 is 54.5 Å². The molecule has 0 aliphatic heterocycles. The van der Waals surface area contributed by atoms with Gasteiger partial charge in [0.2, 0.25) is 0 Å². The van der Waals surface area contributed by atoms with Gasteiger partial charge < -0.3 is 11.5 Å². The van der Waals surface area contributed by atoms with Gasteiger partial charge in [-0.3, -0.25) is 4.79 Å². The van der Waals surface area contributed by atoms with Crippen molar-refractivity contribution in [1.29, 1.82) is 0 Å². The fourth-order valence-corrected chi connectivity index (χ4v) is 3.76. The van der Waals surface area contributed by atoms with Gasteiger partial charge in [-0.05, 0) is 40.2 Å². The van der Waals surface area contributed by atoms with Crippen molar-refractivity contribution in [3.63, 3.8) is 0 Å². The van der Waals surface area contributed by atoms with Crippen LogP contribution >= 0.6 is 27.3 Å². The molecule has 0 saturated heterocycles. The minimum atomic E-state index is -0.0617. The molecule has 0 spiro atoms. The number of thiophene rings is 1. The quantitative estimate of drug-likeness (QED) is 0.543. The molecule has 3 rings (SSSR count). The normalized spacial score (nSPS) is 10.8. The summed E-state index contributed by atoms with van der Waals surface area (Å²) in [7, 11) is 0. The van der Waals surface area contributed by atoms with E-state index >= 15 is 0 Å². The largest absolute Gasteiger partial charge is 0.399 e. The van der Waals surface area contributed by atoms with Crippen LogP contribution in [0.3, 0.4) is 0 Å². The summed E-state index contributed by atoms with van der Waals surface area (Å²) in [5, 5.41) is 2.81. The molecule has 3 nitrogen and oxygen atoms in total. The molecule has 0 bridgehead atoms. The van der Waals surface area contributed by atoms with Crippen molar-refractivity contribution < 1.29 is 4.79 Å². The summed E-state index contributed by atoms with van der Waals surface area (Å²) >= 11 is 5.04. The van der Waals surface area contributed by atoms with Crippen molar-refractivity contribution in [1.82, 2.24) is 0 Å². The molecule has 1 aromatic heterocycles. The Balaban J connectivity index is 2.15. The molecule has 1 heterocycles. The van der Waals surface area contributed by atoms with Crippen molar-refractivity contribution in [2.24, 2.45) is 0 Å². The van der Waals surface area contributed by atoms with E-state index in [0.29, 0.717) is 22.5 Å². The van der Waals surface area contributed by atoms with E-state index in [-0.39, 0.29) is 5.78 Å². The van der Waals surface area contributed by atoms with E-state index in [0.717, 1.165) is 14.6 Å². The second-order valence-corrected chi connectivity index (χ2v) is 6.22. The van der Waals surface area contributed by atoms with E-state index in [1.807, 2.05) is 23.6 Å². The summed E-state index contributed by atoms with van der Waals surface area (Å²) in [5.74, 6) is -0.0617. The molecule has 0 amide bonds. The molecular weight excluding hydrogens is 336 g/mol. The molecule has 0 radical (unpaired) electrons. The third-order valence-electron chi connectivity index (χ3n) is 3.04. The number of nitrogen functional groups attached to an aromatic ring is 2. The standard InChI is InChI=1S/C15H11BrN2OS/c16-13-3-1-2-11-12(7-20-15(11)13)14(19)8-4-9(17)6-10(18)5-8/h1-7H,17-18H2. The first-order valence-electron chi connectivity index (χ1n) is 5.93. The van der Waals surface area contributed by atoms with E-state index < -0.39 is 0 Å². The molecule has 3 aromatic rings. The second kappa shape index (κ2) is 4.92. The van der Waals surface area contributed by atoms with Gasteiger partial charge in [-0.2, -0.15) is 0 Å². The average molecular weight is 347 g/mol. The lowest BCUT2D eigenvalue weighted by molar-refractivity contribution is 0.104. The fraction of sp³-hybridized carbons (Fsp3) is 0. The van der Waals surface area contributed by atoms with Crippen LogP contribution in [0.25, 0.3) is 10.1 Å². The number of rotatable bonds is 2. The highest BCUT2D eigenvalue weighted by Gasteiger charge is 2.16. The highest BCUT2D eigenvalue weighted by Crippen LogP contribution is 2.33. The Morgan fingerprint density at radius 1 is 1.10 bits per heavy atom.